The van der Waals surface area contributed by atoms with E-state index in [-0.39, 0.29) is 11.9 Å². The van der Waals surface area contributed by atoms with Crippen molar-refractivity contribution in [2.24, 2.45) is 11.8 Å². The van der Waals surface area contributed by atoms with Gasteiger partial charge in [-0.3, -0.25) is 4.79 Å². The molecule has 2 aromatic rings. The molecule has 4 heteroatoms. The first kappa shape index (κ1) is 22.4. The molecular weight excluding hydrogens is 376 g/mol. The molecule has 1 aliphatic rings. The highest BCUT2D eigenvalue weighted by molar-refractivity contribution is 5.75. The second-order valence-corrected chi connectivity index (χ2v) is 8.29. The van der Waals surface area contributed by atoms with Crippen molar-refractivity contribution in [2.45, 2.75) is 65.2 Å². The van der Waals surface area contributed by atoms with Crippen LogP contribution in [0.1, 0.15) is 63.5 Å². The summed E-state index contributed by atoms with van der Waals surface area (Å²) < 4.78 is 5.59. The summed E-state index contributed by atoms with van der Waals surface area (Å²) in [6.45, 7) is 4.89. The Labute approximate surface area is 180 Å². The standard InChI is InChI=1S/C26H34O4/c1-3-5-20-9-15-24(16-10-20)29-26(27)23-13-7-22(8-14-23)19-28-30-25-17-11-21(6-4-2)12-18-25/h9-12,15-18,22-23H,3-8,13-14,19H2,1-2H3. The summed E-state index contributed by atoms with van der Waals surface area (Å²) >= 11 is 0. The first-order chi connectivity index (χ1) is 14.7. The summed E-state index contributed by atoms with van der Waals surface area (Å²) in [5.74, 6) is 1.66. The molecule has 0 unspecified atom stereocenters. The van der Waals surface area contributed by atoms with E-state index in [4.69, 9.17) is 14.5 Å². The van der Waals surface area contributed by atoms with Crippen LogP contribution in [0.15, 0.2) is 48.5 Å². The van der Waals surface area contributed by atoms with Crippen LogP contribution in [0.2, 0.25) is 0 Å². The zero-order chi connectivity index (χ0) is 21.2. The van der Waals surface area contributed by atoms with Gasteiger partial charge in [0.2, 0.25) is 0 Å². The van der Waals surface area contributed by atoms with Gasteiger partial charge in [-0.25, -0.2) is 0 Å². The van der Waals surface area contributed by atoms with Crippen molar-refractivity contribution in [1.82, 2.24) is 0 Å². The predicted octanol–water partition coefficient (Wildman–Crippen LogP) is 6.31. The van der Waals surface area contributed by atoms with Crippen molar-refractivity contribution in [3.8, 4) is 11.5 Å². The summed E-state index contributed by atoms with van der Waals surface area (Å²) in [5.41, 5.74) is 2.59. The normalized spacial score (nSPS) is 18.7. The summed E-state index contributed by atoms with van der Waals surface area (Å²) in [6.07, 6.45) is 7.96. The van der Waals surface area contributed by atoms with Crippen LogP contribution in [0.5, 0.6) is 11.5 Å². The van der Waals surface area contributed by atoms with Gasteiger partial charge in [0.1, 0.15) is 5.75 Å². The average Bonchev–Trinajstić information content (AvgIpc) is 2.77. The highest BCUT2D eigenvalue weighted by Crippen LogP contribution is 2.30. The van der Waals surface area contributed by atoms with Crippen LogP contribution in [0.25, 0.3) is 0 Å². The molecule has 1 saturated carbocycles. The largest absolute Gasteiger partial charge is 0.426 e. The average molecular weight is 411 g/mol. The minimum absolute atomic E-state index is 0.0244. The van der Waals surface area contributed by atoms with E-state index in [2.05, 4.69) is 26.0 Å². The summed E-state index contributed by atoms with van der Waals surface area (Å²) in [5, 5.41) is 0. The fourth-order valence-corrected chi connectivity index (χ4v) is 3.98. The summed E-state index contributed by atoms with van der Waals surface area (Å²) in [6, 6.07) is 15.9. The van der Waals surface area contributed by atoms with Crippen LogP contribution in [-0.4, -0.2) is 12.6 Å². The molecule has 1 fully saturated rings. The highest BCUT2D eigenvalue weighted by atomic mass is 17.2. The molecule has 162 valence electrons. The second-order valence-electron chi connectivity index (χ2n) is 8.29. The van der Waals surface area contributed by atoms with E-state index in [0.29, 0.717) is 18.3 Å². The van der Waals surface area contributed by atoms with Gasteiger partial charge in [-0.05, 0) is 79.8 Å². The molecule has 0 atom stereocenters. The van der Waals surface area contributed by atoms with E-state index in [1.54, 1.807) is 0 Å². The summed E-state index contributed by atoms with van der Waals surface area (Å²) in [7, 11) is 0. The summed E-state index contributed by atoms with van der Waals surface area (Å²) in [4.78, 5) is 23.4. The van der Waals surface area contributed by atoms with E-state index in [1.807, 2.05) is 36.4 Å². The van der Waals surface area contributed by atoms with Gasteiger partial charge in [-0.15, -0.1) is 0 Å². The zero-order valence-corrected chi connectivity index (χ0v) is 18.3. The predicted molar refractivity (Wildman–Crippen MR) is 119 cm³/mol. The van der Waals surface area contributed by atoms with Crippen LogP contribution in [-0.2, 0) is 22.5 Å². The number of carbonyl (C=O) groups is 1. The SMILES string of the molecule is CCCc1ccc(OOCC2CCC(C(=O)Oc3ccc(CCC)cc3)CC2)cc1. The van der Waals surface area contributed by atoms with Crippen molar-refractivity contribution in [3.63, 3.8) is 0 Å². The van der Waals surface area contributed by atoms with E-state index >= 15 is 0 Å². The first-order valence-corrected chi connectivity index (χ1v) is 11.4. The van der Waals surface area contributed by atoms with Crippen molar-refractivity contribution in [1.29, 1.82) is 0 Å². The zero-order valence-electron chi connectivity index (χ0n) is 18.3. The van der Waals surface area contributed by atoms with Gasteiger partial charge in [-0.2, -0.15) is 4.89 Å². The third kappa shape index (κ3) is 6.88. The Bertz CT molecular complexity index is 759. The number of hydrogen-bond acceptors (Lipinski definition) is 4. The highest BCUT2D eigenvalue weighted by Gasteiger charge is 2.28. The molecule has 3 rings (SSSR count). The third-order valence-electron chi connectivity index (χ3n) is 5.78. The second kappa shape index (κ2) is 11.8. The molecule has 0 amide bonds. The van der Waals surface area contributed by atoms with Gasteiger partial charge < -0.3 is 9.62 Å². The molecule has 0 aliphatic heterocycles. The Balaban J connectivity index is 1.35. The maximum atomic E-state index is 12.5. The maximum Gasteiger partial charge on any atom is 0.314 e. The number of ether oxygens (including phenoxy) is 1. The molecule has 2 aromatic carbocycles. The van der Waals surface area contributed by atoms with Crippen molar-refractivity contribution >= 4 is 5.97 Å². The maximum absolute atomic E-state index is 12.5. The molecule has 0 aromatic heterocycles. The Morgan fingerprint density at radius 2 is 1.33 bits per heavy atom. The van der Waals surface area contributed by atoms with E-state index in [1.165, 1.54) is 11.1 Å². The van der Waals surface area contributed by atoms with Gasteiger partial charge >= 0.3 is 5.97 Å². The van der Waals surface area contributed by atoms with Crippen molar-refractivity contribution in [3.05, 3.63) is 59.7 Å². The third-order valence-corrected chi connectivity index (χ3v) is 5.78. The lowest BCUT2D eigenvalue weighted by Gasteiger charge is -2.26. The molecule has 1 aliphatic carbocycles. The van der Waals surface area contributed by atoms with E-state index < -0.39 is 0 Å². The number of esters is 1. The van der Waals surface area contributed by atoms with Crippen molar-refractivity contribution in [2.75, 3.05) is 6.61 Å². The van der Waals surface area contributed by atoms with E-state index in [0.717, 1.165) is 57.1 Å². The van der Waals surface area contributed by atoms with Crippen LogP contribution in [0, 0.1) is 11.8 Å². The number of benzene rings is 2. The molecule has 0 N–H and O–H groups in total. The molecule has 0 spiro atoms. The van der Waals surface area contributed by atoms with Gasteiger partial charge in [0.15, 0.2) is 5.75 Å². The Morgan fingerprint density at radius 3 is 1.87 bits per heavy atom. The first-order valence-electron chi connectivity index (χ1n) is 11.4. The molecule has 0 bridgehead atoms. The van der Waals surface area contributed by atoms with Gasteiger partial charge in [0, 0.05) is 0 Å². The lowest BCUT2D eigenvalue weighted by molar-refractivity contribution is -0.218. The molecule has 0 radical (unpaired) electrons. The number of aryl methyl sites for hydroxylation is 2. The van der Waals surface area contributed by atoms with Crippen LogP contribution in [0.3, 0.4) is 0 Å². The fourth-order valence-electron chi connectivity index (χ4n) is 3.98. The Hall–Kier alpha value is -2.33. The lowest BCUT2D eigenvalue weighted by Crippen LogP contribution is -2.27. The Morgan fingerprint density at radius 1 is 0.800 bits per heavy atom. The minimum atomic E-state index is -0.110. The molecule has 0 saturated heterocycles. The monoisotopic (exact) mass is 410 g/mol. The number of hydrogen-bond donors (Lipinski definition) is 0. The molecule has 30 heavy (non-hydrogen) atoms. The Kier molecular flexibility index (Phi) is 8.76. The van der Waals surface area contributed by atoms with Gasteiger partial charge in [0.25, 0.3) is 0 Å². The molecule has 4 nitrogen and oxygen atoms in total. The molecular formula is C26H34O4. The van der Waals surface area contributed by atoms with Gasteiger partial charge in [-0.1, -0.05) is 51.0 Å². The quantitative estimate of drug-likeness (QED) is 0.199. The van der Waals surface area contributed by atoms with Crippen molar-refractivity contribution < 1.29 is 19.3 Å². The van der Waals surface area contributed by atoms with Gasteiger partial charge in [0.05, 0.1) is 12.5 Å². The van der Waals surface area contributed by atoms with Crippen LogP contribution >= 0.6 is 0 Å². The smallest absolute Gasteiger partial charge is 0.314 e. The topological polar surface area (TPSA) is 44.8 Å². The van der Waals surface area contributed by atoms with Crippen LogP contribution < -0.4 is 9.62 Å². The lowest BCUT2D eigenvalue weighted by atomic mass is 9.82. The number of rotatable bonds is 10. The van der Waals surface area contributed by atoms with E-state index in [9.17, 15) is 4.79 Å². The fraction of sp³-hybridized carbons (Fsp3) is 0.500. The molecule has 0 heterocycles. The number of carbonyl (C=O) groups excluding carboxylic acids is 1. The minimum Gasteiger partial charge on any atom is -0.426 e. The van der Waals surface area contributed by atoms with Crippen LogP contribution in [0.4, 0.5) is 0 Å².